The largest absolute Gasteiger partial charge is 0.368 e. The molecule has 0 aromatic carbocycles. The van der Waals surface area contributed by atoms with E-state index in [4.69, 9.17) is 4.74 Å². The van der Waals surface area contributed by atoms with Gasteiger partial charge in [-0.3, -0.25) is 4.79 Å². The summed E-state index contributed by atoms with van der Waals surface area (Å²) in [5, 5.41) is 8.43. The highest BCUT2D eigenvalue weighted by Gasteiger charge is 2.18. The number of ether oxygens (including phenoxy) is 1. The van der Waals surface area contributed by atoms with Crippen molar-refractivity contribution in [1.82, 2.24) is 10.6 Å². The molecule has 2 heterocycles. The summed E-state index contributed by atoms with van der Waals surface area (Å²) in [6.07, 6.45) is 4.25. The minimum Gasteiger partial charge on any atom is -0.368 e. The van der Waals surface area contributed by atoms with E-state index in [0.29, 0.717) is 0 Å². The lowest BCUT2D eigenvalue weighted by molar-refractivity contribution is -0.129. The van der Waals surface area contributed by atoms with Crippen LogP contribution in [0.2, 0.25) is 0 Å². The third kappa shape index (κ3) is 4.89. The molecule has 20 heavy (non-hydrogen) atoms. The fourth-order valence-corrected chi connectivity index (χ4v) is 3.27. The van der Waals surface area contributed by atoms with Crippen LogP contribution in [0, 0.1) is 0 Å². The smallest absolute Gasteiger partial charge is 0.246 e. The van der Waals surface area contributed by atoms with Crippen LogP contribution in [0.15, 0.2) is 17.5 Å². The number of rotatable bonds is 7. The average molecular weight is 296 g/mol. The van der Waals surface area contributed by atoms with E-state index in [0.717, 1.165) is 38.8 Å². The van der Waals surface area contributed by atoms with Crippen molar-refractivity contribution < 1.29 is 9.53 Å². The summed E-state index contributed by atoms with van der Waals surface area (Å²) in [5.41, 5.74) is 0. The van der Waals surface area contributed by atoms with Gasteiger partial charge in [0.25, 0.3) is 0 Å². The normalized spacial score (nSPS) is 17.9. The Balaban J connectivity index is 1.76. The Morgan fingerprint density at radius 1 is 1.55 bits per heavy atom. The molecular weight excluding hydrogens is 272 g/mol. The summed E-state index contributed by atoms with van der Waals surface area (Å²) in [4.78, 5) is 13.2. The number of piperidine rings is 1. The zero-order valence-electron chi connectivity index (χ0n) is 12.1. The molecule has 1 aliphatic heterocycles. The van der Waals surface area contributed by atoms with Crippen LogP contribution in [0.4, 0.5) is 0 Å². The summed E-state index contributed by atoms with van der Waals surface area (Å²) in [7, 11) is 0. The van der Waals surface area contributed by atoms with Crippen molar-refractivity contribution in [1.29, 1.82) is 0 Å². The number of thiophene rings is 1. The van der Waals surface area contributed by atoms with Crippen molar-refractivity contribution in [2.45, 2.75) is 44.8 Å². The second-order valence-corrected chi connectivity index (χ2v) is 6.16. The highest BCUT2D eigenvalue weighted by Crippen LogP contribution is 2.23. The first-order chi connectivity index (χ1) is 9.79. The van der Waals surface area contributed by atoms with Crippen LogP contribution in [0.3, 0.4) is 0 Å². The molecule has 112 valence electrons. The maximum absolute atomic E-state index is 12.0. The first kappa shape index (κ1) is 15.5. The minimum atomic E-state index is -0.00428. The van der Waals surface area contributed by atoms with Gasteiger partial charge >= 0.3 is 0 Å². The maximum Gasteiger partial charge on any atom is 0.246 e. The molecule has 1 atom stereocenters. The monoisotopic (exact) mass is 296 g/mol. The van der Waals surface area contributed by atoms with Gasteiger partial charge < -0.3 is 15.4 Å². The molecule has 2 N–H and O–H groups in total. The fourth-order valence-electron chi connectivity index (χ4n) is 2.46. The zero-order valence-corrected chi connectivity index (χ0v) is 12.9. The van der Waals surface area contributed by atoms with Gasteiger partial charge in [0.05, 0.1) is 12.1 Å². The second kappa shape index (κ2) is 8.39. The SMILES string of the molecule is CCCC(NC(=O)COC1CCNCC1)c1cccs1. The number of nitrogens with one attached hydrogen (secondary N) is 2. The van der Waals surface area contributed by atoms with E-state index in [2.05, 4.69) is 29.0 Å². The van der Waals surface area contributed by atoms with Gasteiger partial charge in [-0.05, 0) is 43.8 Å². The number of carbonyl (C=O) groups excluding carboxylic acids is 1. The number of carbonyl (C=O) groups is 1. The lowest BCUT2D eigenvalue weighted by atomic mass is 10.1. The lowest BCUT2D eigenvalue weighted by Crippen LogP contribution is -2.36. The van der Waals surface area contributed by atoms with Crippen LogP contribution in [-0.4, -0.2) is 31.7 Å². The van der Waals surface area contributed by atoms with Crippen molar-refractivity contribution in [3.05, 3.63) is 22.4 Å². The molecule has 0 bridgehead atoms. The highest BCUT2D eigenvalue weighted by molar-refractivity contribution is 7.10. The molecule has 0 radical (unpaired) electrons. The summed E-state index contributed by atoms with van der Waals surface area (Å²) in [6, 6.07) is 4.24. The van der Waals surface area contributed by atoms with Crippen molar-refractivity contribution in [3.8, 4) is 0 Å². The Hall–Kier alpha value is -0.910. The van der Waals surface area contributed by atoms with Crippen LogP contribution in [-0.2, 0) is 9.53 Å². The molecule has 1 aromatic heterocycles. The maximum atomic E-state index is 12.0. The summed E-state index contributed by atoms with van der Waals surface area (Å²) >= 11 is 1.70. The first-order valence-electron chi connectivity index (χ1n) is 7.44. The van der Waals surface area contributed by atoms with Crippen LogP contribution in [0.1, 0.15) is 43.5 Å². The zero-order chi connectivity index (χ0) is 14.2. The lowest BCUT2D eigenvalue weighted by Gasteiger charge is -2.23. The molecule has 1 amide bonds. The van der Waals surface area contributed by atoms with Crippen LogP contribution in [0.5, 0.6) is 0 Å². The van der Waals surface area contributed by atoms with E-state index < -0.39 is 0 Å². The molecule has 0 aliphatic carbocycles. The Morgan fingerprint density at radius 3 is 3.00 bits per heavy atom. The average Bonchev–Trinajstić information content (AvgIpc) is 3.00. The topological polar surface area (TPSA) is 50.4 Å². The minimum absolute atomic E-state index is 0.00428. The third-order valence-corrected chi connectivity index (χ3v) is 4.52. The van der Waals surface area contributed by atoms with Gasteiger partial charge in [0.1, 0.15) is 6.61 Å². The van der Waals surface area contributed by atoms with Crippen molar-refractivity contribution in [2.24, 2.45) is 0 Å². The van der Waals surface area contributed by atoms with Gasteiger partial charge in [0.15, 0.2) is 0 Å². The summed E-state index contributed by atoms with van der Waals surface area (Å²) in [6.45, 7) is 4.29. The predicted molar refractivity (Wildman–Crippen MR) is 82.0 cm³/mol. The predicted octanol–water partition coefficient (Wildman–Crippen LogP) is 2.47. The molecule has 0 saturated carbocycles. The Labute approximate surface area is 124 Å². The molecule has 2 rings (SSSR count). The van der Waals surface area contributed by atoms with Gasteiger partial charge in [-0.25, -0.2) is 0 Å². The summed E-state index contributed by atoms with van der Waals surface area (Å²) < 4.78 is 5.69. The van der Waals surface area contributed by atoms with Crippen molar-refractivity contribution in [3.63, 3.8) is 0 Å². The fraction of sp³-hybridized carbons (Fsp3) is 0.667. The first-order valence-corrected chi connectivity index (χ1v) is 8.32. The Morgan fingerprint density at radius 2 is 2.35 bits per heavy atom. The molecule has 4 nitrogen and oxygen atoms in total. The van der Waals surface area contributed by atoms with Crippen LogP contribution < -0.4 is 10.6 Å². The number of amides is 1. The van der Waals surface area contributed by atoms with Gasteiger partial charge in [-0.15, -0.1) is 11.3 Å². The standard InChI is InChI=1S/C15H24N2O2S/c1-2-4-13(14-5-3-10-20-14)17-15(18)11-19-12-6-8-16-9-7-12/h3,5,10,12-13,16H,2,4,6-9,11H2,1H3,(H,17,18). The highest BCUT2D eigenvalue weighted by atomic mass is 32.1. The summed E-state index contributed by atoms with van der Waals surface area (Å²) in [5.74, 6) is -0.00428. The van der Waals surface area contributed by atoms with E-state index in [9.17, 15) is 4.79 Å². The van der Waals surface area contributed by atoms with E-state index in [1.54, 1.807) is 11.3 Å². The molecule has 1 saturated heterocycles. The van der Waals surface area contributed by atoms with E-state index in [1.807, 2.05) is 6.07 Å². The van der Waals surface area contributed by atoms with Gasteiger partial charge in [0.2, 0.25) is 5.91 Å². The van der Waals surface area contributed by atoms with Gasteiger partial charge in [-0.1, -0.05) is 19.4 Å². The Kier molecular flexibility index (Phi) is 6.50. The molecule has 1 unspecified atom stereocenters. The second-order valence-electron chi connectivity index (χ2n) is 5.18. The van der Waals surface area contributed by atoms with Crippen LogP contribution >= 0.6 is 11.3 Å². The van der Waals surface area contributed by atoms with E-state index >= 15 is 0 Å². The van der Waals surface area contributed by atoms with Gasteiger partial charge in [0, 0.05) is 4.88 Å². The molecule has 5 heteroatoms. The molecule has 1 aromatic rings. The van der Waals surface area contributed by atoms with E-state index in [1.165, 1.54) is 4.88 Å². The quantitative estimate of drug-likeness (QED) is 0.813. The Bertz CT molecular complexity index is 389. The molecule has 0 spiro atoms. The van der Waals surface area contributed by atoms with Gasteiger partial charge in [-0.2, -0.15) is 0 Å². The number of hydrogen-bond acceptors (Lipinski definition) is 4. The van der Waals surface area contributed by atoms with Crippen molar-refractivity contribution in [2.75, 3.05) is 19.7 Å². The molecule has 1 aliphatic rings. The molecular formula is C15H24N2O2S. The third-order valence-electron chi connectivity index (χ3n) is 3.54. The van der Waals surface area contributed by atoms with E-state index in [-0.39, 0.29) is 24.7 Å². The molecule has 1 fully saturated rings. The van der Waals surface area contributed by atoms with Crippen molar-refractivity contribution >= 4 is 17.2 Å². The van der Waals surface area contributed by atoms with Crippen LogP contribution in [0.25, 0.3) is 0 Å². The number of hydrogen-bond donors (Lipinski definition) is 2.